The van der Waals surface area contributed by atoms with E-state index in [0.29, 0.717) is 0 Å². The third kappa shape index (κ3) is 7.47. The molecule has 0 unspecified atom stereocenters. The number of carbonyl (C=O) groups excluding carboxylic acids is 1. The van der Waals surface area contributed by atoms with Crippen molar-refractivity contribution in [1.29, 1.82) is 0 Å². The van der Waals surface area contributed by atoms with Crippen molar-refractivity contribution < 1.29 is 34.4 Å². The van der Waals surface area contributed by atoms with Crippen LogP contribution in [-0.2, 0) is 24.9 Å². The quantitative estimate of drug-likeness (QED) is 0.0824. The van der Waals surface area contributed by atoms with E-state index in [4.69, 9.17) is 14.5 Å². The van der Waals surface area contributed by atoms with E-state index in [9.17, 15) is 4.79 Å². The van der Waals surface area contributed by atoms with Gasteiger partial charge in [0.1, 0.15) is 5.76 Å². The Balaban J connectivity index is 0.000000475. The minimum Gasteiger partial charge on any atom is -0.512 e. The fourth-order valence-corrected chi connectivity index (χ4v) is 6.12. The molecule has 43 heavy (non-hydrogen) atoms. The molecule has 6 aromatic rings. The van der Waals surface area contributed by atoms with Crippen molar-refractivity contribution in [1.82, 2.24) is 4.98 Å². The molecule has 0 aliphatic rings. The normalized spacial score (nSPS) is 11.5. The summed E-state index contributed by atoms with van der Waals surface area (Å²) in [7, 11) is -1.41. The van der Waals surface area contributed by atoms with Crippen molar-refractivity contribution in [3.05, 3.63) is 121 Å². The van der Waals surface area contributed by atoms with Gasteiger partial charge in [-0.2, -0.15) is 0 Å². The maximum Gasteiger partial charge on any atom is 0.155 e. The van der Waals surface area contributed by atoms with Gasteiger partial charge in [0.25, 0.3) is 0 Å². The van der Waals surface area contributed by atoms with Crippen LogP contribution in [0, 0.1) is 6.07 Å². The fourth-order valence-electron chi connectivity index (χ4n) is 4.95. The average Bonchev–Trinajstić information content (AvgIpc) is 3.40. The van der Waals surface area contributed by atoms with E-state index in [2.05, 4.69) is 98.5 Å². The van der Waals surface area contributed by atoms with E-state index in [1.807, 2.05) is 30.5 Å². The Bertz CT molecular complexity index is 1900. The van der Waals surface area contributed by atoms with Gasteiger partial charge in [-0.3, -0.25) is 4.79 Å². The van der Waals surface area contributed by atoms with Crippen LogP contribution in [0.4, 0.5) is 0 Å². The summed E-state index contributed by atoms with van der Waals surface area (Å²) in [5.41, 5.74) is 5.95. The monoisotopic (exact) mass is 761 g/mol. The van der Waals surface area contributed by atoms with E-state index in [0.717, 1.165) is 50.1 Å². The second-order valence-corrected chi connectivity index (χ2v) is 16.5. The van der Waals surface area contributed by atoms with Crippen LogP contribution >= 0.6 is 0 Å². The first-order chi connectivity index (χ1) is 20.1. The van der Waals surface area contributed by atoms with Gasteiger partial charge in [0.2, 0.25) is 0 Å². The van der Waals surface area contributed by atoms with Crippen molar-refractivity contribution in [3.8, 4) is 33.7 Å². The second kappa shape index (κ2) is 13.5. The number of allylic oxidation sites excluding steroid dienone is 2. The molecule has 0 bridgehead atoms. The molecule has 6 rings (SSSR count). The predicted octanol–water partition coefficient (Wildman–Crippen LogP) is 9.36. The summed E-state index contributed by atoms with van der Waals surface area (Å²) in [4.78, 5) is 14.8. The van der Waals surface area contributed by atoms with Gasteiger partial charge >= 0.3 is 0 Å². The molecular weight excluding hydrogens is 727 g/mol. The Labute approximate surface area is 267 Å². The first kappa shape index (κ1) is 31.8. The third-order valence-electron chi connectivity index (χ3n) is 7.00. The zero-order chi connectivity index (χ0) is 29.9. The van der Waals surface area contributed by atoms with Gasteiger partial charge in [0, 0.05) is 37.9 Å². The minimum atomic E-state index is -1.41. The smallest absolute Gasteiger partial charge is 0.155 e. The molecule has 0 aliphatic carbocycles. The van der Waals surface area contributed by atoms with Gasteiger partial charge in [-0.1, -0.05) is 121 Å². The summed E-state index contributed by atoms with van der Waals surface area (Å²) < 4.78 is 6.38. The number of nitrogens with zero attached hydrogens (tertiary/aromatic N) is 1. The van der Waals surface area contributed by atoms with Crippen molar-refractivity contribution in [3.63, 3.8) is 0 Å². The molecule has 2 aromatic heterocycles. The van der Waals surface area contributed by atoms with E-state index in [1.165, 1.54) is 30.5 Å². The molecule has 1 N–H and O–H groups in total. The molecule has 0 spiro atoms. The number of aromatic nitrogens is 1. The number of benzene rings is 4. The molecule has 0 atom stereocenters. The number of aliphatic hydroxyl groups is 1. The molecule has 0 saturated carbocycles. The zero-order valence-corrected chi connectivity index (χ0v) is 28.3. The molecule has 0 fully saturated rings. The maximum atomic E-state index is 10.0. The topological polar surface area (TPSA) is 63.3 Å². The largest absolute Gasteiger partial charge is 0.512 e. The van der Waals surface area contributed by atoms with E-state index < -0.39 is 8.07 Å². The number of hydrogen-bond acceptors (Lipinski definition) is 4. The molecular formula is C37H34IrNO3Si-. The number of hydrogen-bond donors (Lipinski definition) is 1. The number of fused-ring (bicyclic) bond motifs is 2. The van der Waals surface area contributed by atoms with Crippen molar-refractivity contribution in [2.45, 2.75) is 33.5 Å². The average molecular weight is 761 g/mol. The number of aliphatic hydroxyl groups excluding tert-OH is 1. The molecule has 0 aliphatic heterocycles. The summed E-state index contributed by atoms with van der Waals surface area (Å²) >= 11 is 0. The molecule has 2 heterocycles. The Morgan fingerprint density at radius 1 is 0.837 bits per heavy atom. The standard InChI is InChI=1S/C32H26NOSi.C5H8O2.Ir/c1-35(2,3)26-14-15-27-24(18-26)16-17-33-32(27)25-19-28(22-10-6-4-7-11-22)29-21-30(34-31(29)20-25)23-12-8-5-9-13-23;1-4(6)3-5(2)7;/h4-19,21H,1-3H3;3,6H,1-2H3;/q-1;;/b;4-3-;. The van der Waals surface area contributed by atoms with Crippen LogP contribution in [0.1, 0.15) is 13.8 Å². The van der Waals surface area contributed by atoms with Gasteiger partial charge < -0.3 is 14.5 Å². The summed E-state index contributed by atoms with van der Waals surface area (Å²) in [6, 6.07) is 37.5. The fraction of sp³-hybridized carbons (Fsp3) is 0.135. The minimum absolute atomic E-state index is 0. The van der Waals surface area contributed by atoms with Crippen LogP contribution in [0.2, 0.25) is 19.6 Å². The van der Waals surface area contributed by atoms with Crippen LogP contribution in [0.25, 0.3) is 55.4 Å². The molecule has 0 amide bonds. The van der Waals surface area contributed by atoms with Gasteiger partial charge in [0.05, 0.1) is 19.4 Å². The number of ketones is 1. The van der Waals surface area contributed by atoms with Crippen LogP contribution in [0.15, 0.2) is 120 Å². The molecule has 4 nitrogen and oxygen atoms in total. The first-order valence-electron chi connectivity index (χ1n) is 14.0. The molecule has 1 radical (unpaired) electrons. The van der Waals surface area contributed by atoms with Crippen LogP contribution in [0.5, 0.6) is 0 Å². The molecule has 6 heteroatoms. The van der Waals surface area contributed by atoms with Gasteiger partial charge in [-0.15, -0.1) is 11.6 Å². The number of pyridine rings is 1. The second-order valence-electron chi connectivity index (χ2n) is 11.4. The Morgan fingerprint density at radius 3 is 2.07 bits per heavy atom. The van der Waals surface area contributed by atoms with Crippen LogP contribution < -0.4 is 5.19 Å². The number of carbonyl (C=O) groups is 1. The Morgan fingerprint density at radius 2 is 1.49 bits per heavy atom. The summed E-state index contributed by atoms with van der Waals surface area (Å²) in [5.74, 6) is 0.782. The number of furan rings is 1. The van der Waals surface area contributed by atoms with Crippen LogP contribution in [-0.4, -0.2) is 23.9 Å². The van der Waals surface area contributed by atoms with Crippen molar-refractivity contribution >= 4 is 40.8 Å². The first-order valence-corrected chi connectivity index (χ1v) is 17.5. The zero-order valence-electron chi connectivity index (χ0n) is 24.9. The van der Waals surface area contributed by atoms with Gasteiger partial charge in [-0.05, 0) is 48.0 Å². The van der Waals surface area contributed by atoms with E-state index in [-0.39, 0.29) is 31.6 Å². The Kier molecular flexibility index (Phi) is 9.97. The van der Waals surface area contributed by atoms with Gasteiger partial charge in [-0.25, -0.2) is 0 Å². The third-order valence-corrected chi connectivity index (χ3v) is 9.04. The van der Waals surface area contributed by atoms with Crippen molar-refractivity contribution in [2.75, 3.05) is 0 Å². The van der Waals surface area contributed by atoms with E-state index in [1.54, 1.807) is 0 Å². The maximum absolute atomic E-state index is 10.0. The van der Waals surface area contributed by atoms with Crippen molar-refractivity contribution in [2.24, 2.45) is 0 Å². The summed E-state index contributed by atoms with van der Waals surface area (Å²) in [5, 5.41) is 13.2. The predicted molar refractivity (Wildman–Crippen MR) is 177 cm³/mol. The molecule has 4 aromatic carbocycles. The van der Waals surface area contributed by atoms with Crippen LogP contribution in [0.3, 0.4) is 0 Å². The molecule has 0 saturated heterocycles. The molecule has 219 valence electrons. The Hall–Kier alpha value is -4.09. The summed E-state index contributed by atoms with van der Waals surface area (Å²) in [6.45, 7) is 9.99. The SMILES string of the molecule is CC(=O)/C=C(/C)O.C[Si](C)(C)c1ccc2c(-c3[c-]c4oc(-c5ccccc5)cc4c(-c4ccccc4)c3)nccc2c1.[Ir]. The van der Waals surface area contributed by atoms with Gasteiger partial charge in [0.15, 0.2) is 5.78 Å². The van der Waals surface area contributed by atoms with E-state index >= 15 is 0 Å². The number of rotatable bonds is 5. The summed E-state index contributed by atoms with van der Waals surface area (Å²) in [6.07, 6.45) is 3.07.